The Balaban J connectivity index is 1.26. The first kappa shape index (κ1) is 24.8. The molecule has 8 aromatic rings. The predicted molar refractivity (Wildman–Crippen MR) is 181 cm³/mol. The molecule has 7 aromatic carbocycles. The molecule has 1 aromatic heterocycles. The summed E-state index contributed by atoms with van der Waals surface area (Å²) in [6.07, 6.45) is 1.86. The number of hydrogen-bond acceptors (Lipinski definition) is 2. The number of rotatable bonds is 5. The van der Waals surface area contributed by atoms with E-state index in [4.69, 9.17) is 4.98 Å². The monoisotopic (exact) mass is 600 g/mol. The molecule has 0 spiro atoms. The van der Waals surface area contributed by atoms with Crippen LogP contribution in [0.3, 0.4) is 0 Å². The van der Waals surface area contributed by atoms with Crippen molar-refractivity contribution in [2.24, 2.45) is 0 Å². The van der Waals surface area contributed by atoms with Gasteiger partial charge < -0.3 is 0 Å². The molecule has 0 saturated carbocycles. The predicted octanol–water partition coefficient (Wildman–Crippen LogP) is 11.5. The van der Waals surface area contributed by atoms with Gasteiger partial charge in [-0.15, -0.1) is 0 Å². The lowest BCUT2D eigenvalue weighted by molar-refractivity contribution is 1.18. The molecule has 0 saturated heterocycles. The van der Waals surface area contributed by atoms with Crippen molar-refractivity contribution in [3.63, 3.8) is 0 Å². The van der Waals surface area contributed by atoms with Gasteiger partial charge in [-0.1, -0.05) is 113 Å². The lowest BCUT2D eigenvalue weighted by Gasteiger charge is -2.25. The van der Waals surface area contributed by atoms with Gasteiger partial charge in [0.05, 0.1) is 0 Å². The molecule has 0 aliphatic rings. The molecular weight excluding hydrogens is 576 g/mol. The van der Waals surface area contributed by atoms with E-state index in [1.54, 1.807) is 0 Å². The van der Waals surface area contributed by atoms with Gasteiger partial charge in [-0.25, -0.2) is 4.98 Å². The Hall–Kier alpha value is -4.99. The van der Waals surface area contributed by atoms with Gasteiger partial charge in [-0.2, -0.15) is 0 Å². The molecule has 198 valence electrons. The Labute approximate surface area is 253 Å². The second-order valence-electron chi connectivity index (χ2n) is 10.6. The van der Waals surface area contributed by atoms with E-state index in [1.165, 1.54) is 54.6 Å². The third kappa shape index (κ3) is 4.22. The summed E-state index contributed by atoms with van der Waals surface area (Å²) >= 11 is 3.56. The summed E-state index contributed by atoms with van der Waals surface area (Å²) in [7, 11) is 0. The van der Waals surface area contributed by atoms with Crippen molar-refractivity contribution in [3.8, 4) is 22.3 Å². The van der Waals surface area contributed by atoms with E-state index in [-0.39, 0.29) is 0 Å². The molecule has 42 heavy (non-hydrogen) atoms. The van der Waals surface area contributed by atoms with Crippen LogP contribution >= 0.6 is 15.9 Å². The van der Waals surface area contributed by atoms with E-state index in [0.29, 0.717) is 0 Å². The first-order chi connectivity index (χ1) is 20.7. The lowest BCUT2D eigenvalue weighted by Crippen LogP contribution is -2.11. The van der Waals surface area contributed by atoms with Crippen LogP contribution in [0.15, 0.2) is 156 Å². The topological polar surface area (TPSA) is 16.1 Å². The van der Waals surface area contributed by atoms with Gasteiger partial charge in [0.1, 0.15) is 5.82 Å². The third-order valence-corrected chi connectivity index (χ3v) is 8.63. The van der Waals surface area contributed by atoms with Gasteiger partial charge in [-0.3, -0.25) is 4.90 Å². The molecule has 0 radical (unpaired) electrons. The maximum absolute atomic E-state index is 4.77. The third-order valence-electron chi connectivity index (χ3n) is 8.10. The Morgan fingerprint density at radius 2 is 1.00 bits per heavy atom. The molecule has 0 bridgehead atoms. The molecule has 2 nitrogen and oxygen atoms in total. The summed E-state index contributed by atoms with van der Waals surface area (Å²) in [4.78, 5) is 7.02. The van der Waals surface area contributed by atoms with E-state index >= 15 is 0 Å². The molecule has 0 unspecified atom stereocenters. The number of pyridine rings is 1. The van der Waals surface area contributed by atoms with Crippen LogP contribution in [-0.4, -0.2) is 4.98 Å². The molecule has 3 heteroatoms. The van der Waals surface area contributed by atoms with Crippen molar-refractivity contribution in [1.82, 2.24) is 4.98 Å². The minimum Gasteiger partial charge on any atom is -0.295 e. The molecular formula is C39H25BrN2. The highest BCUT2D eigenvalue weighted by Crippen LogP contribution is 2.41. The maximum atomic E-state index is 4.77. The number of halogens is 1. The van der Waals surface area contributed by atoms with E-state index < -0.39 is 0 Å². The SMILES string of the molecule is Brc1ccc(-c2ccccc2-c2ccc(N(c3cc4ccc5cccc6ccc(c3)c4c56)c3ccccn3)cc2)cc1. The number of anilines is 3. The number of aromatic nitrogens is 1. The molecule has 0 amide bonds. The van der Waals surface area contributed by atoms with Crippen molar-refractivity contribution in [2.45, 2.75) is 0 Å². The zero-order valence-electron chi connectivity index (χ0n) is 22.7. The first-order valence-electron chi connectivity index (χ1n) is 14.1. The zero-order chi connectivity index (χ0) is 28.0. The van der Waals surface area contributed by atoms with Gasteiger partial charge >= 0.3 is 0 Å². The second-order valence-corrected chi connectivity index (χ2v) is 11.5. The van der Waals surface area contributed by atoms with Crippen molar-refractivity contribution < 1.29 is 0 Å². The van der Waals surface area contributed by atoms with Crippen molar-refractivity contribution in [2.75, 3.05) is 4.90 Å². The second kappa shape index (κ2) is 10.1. The summed E-state index contributed by atoms with van der Waals surface area (Å²) in [5.74, 6) is 0.883. The molecule has 0 N–H and O–H groups in total. The van der Waals surface area contributed by atoms with Crippen molar-refractivity contribution >= 4 is 65.4 Å². The molecule has 0 aliphatic heterocycles. The van der Waals surface area contributed by atoms with Crippen molar-refractivity contribution in [3.05, 3.63) is 156 Å². The lowest BCUT2D eigenvalue weighted by atomic mass is 9.93. The summed E-state index contributed by atoms with van der Waals surface area (Å²) in [5, 5.41) is 7.66. The average Bonchev–Trinajstić information content (AvgIpc) is 3.05. The molecule has 0 fully saturated rings. The van der Waals surface area contributed by atoms with Crippen LogP contribution < -0.4 is 4.90 Å². The van der Waals surface area contributed by atoms with Gasteiger partial charge in [0, 0.05) is 22.0 Å². The van der Waals surface area contributed by atoms with Crippen LogP contribution in [0.4, 0.5) is 17.2 Å². The molecule has 1 heterocycles. The van der Waals surface area contributed by atoms with E-state index in [9.17, 15) is 0 Å². The summed E-state index contributed by atoms with van der Waals surface area (Å²) in [5.41, 5.74) is 6.94. The molecule has 8 rings (SSSR count). The Kier molecular flexibility index (Phi) is 5.98. The number of benzene rings is 7. The Morgan fingerprint density at radius 1 is 0.452 bits per heavy atom. The van der Waals surface area contributed by atoms with E-state index in [2.05, 4.69) is 154 Å². The highest BCUT2D eigenvalue weighted by atomic mass is 79.9. The Bertz CT molecular complexity index is 2120. The maximum Gasteiger partial charge on any atom is 0.137 e. The summed E-state index contributed by atoms with van der Waals surface area (Å²) < 4.78 is 1.08. The van der Waals surface area contributed by atoms with Crippen molar-refractivity contribution in [1.29, 1.82) is 0 Å². The smallest absolute Gasteiger partial charge is 0.137 e. The van der Waals surface area contributed by atoms with E-state index in [1.807, 2.05) is 18.3 Å². The van der Waals surface area contributed by atoms with Crippen LogP contribution in [0.2, 0.25) is 0 Å². The number of hydrogen-bond donors (Lipinski definition) is 0. The van der Waals surface area contributed by atoms with Crippen LogP contribution in [0.1, 0.15) is 0 Å². The Morgan fingerprint density at radius 3 is 1.60 bits per heavy atom. The van der Waals surface area contributed by atoms with Gasteiger partial charge in [0.2, 0.25) is 0 Å². The quantitative estimate of drug-likeness (QED) is 0.183. The fourth-order valence-electron chi connectivity index (χ4n) is 6.17. The summed E-state index contributed by atoms with van der Waals surface area (Å²) in [6, 6.07) is 52.1. The minimum absolute atomic E-state index is 0.883. The fourth-order valence-corrected chi connectivity index (χ4v) is 6.44. The van der Waals surface area contributed by atoms with E-state index in [0.717, 1.165) is 21.7 Å². The first-order valence-corrected chi connectivity index (χ1v) is 14.9. The highest BCUT2D eigenvalue weighted by Gasteiger charge is 2.17. The fraction of sp³-hybridized carbons (Fsp3) is 0. The minimum atomic E-state index is 0.883. The standard InChI is InChI=1S/C39H25BrN2/c40-32-19-15-26(16-20-32)35-8-1-2-9-36(35)27-17-21-33(22-18-27)42(37-10-3-4-23-41-37)34-24-30-13-11-28-6-5-7-29-12-14-31(25-34)39(30)38(28)29/h1-25H. The zero-order valence-corrected chi connectivity index (χ0v) is 24.3. The molecule has 0 aliphatic carbocycles. The average molecular weight is 602 g/mol. The van der Waals surface area contributed by atoms with Crippen LogP contribution in [0.25, 0.3) is 54.6 Å². The van der Waals surface area contributed by atoms with Gasteiger partial charge in [0.25, 0.3) is 0 Å². The van der Waals surface area contributed by atoms with Crippen LogP contribution in [-0.2, 0) is 0 Å². The van der Waals surface area contributed by atoms with Crippen LogP contribution in [0.5, 0.6) is 0 Å². The highest BCUT2D eigenvalue weighted by molar-refractivity contribution is 9.10. The number of nitrogens with zero attached hydrogens (tertiary/aromatic N) is 2. The van der Waals surface area contributed by atoms with Gasteiger partial charge in [-0.05, 0) is 103 Å². The normalized spacial score (nSPS) is 11.5. The largest absolute Gasteiger partial charge is 0.295 e. The van der Waals surface area contributed by atoms with Gasteiger partial charge in [0.15, 0.2) is 0 Å². The molecule has 0 atom stereocenters. The van der Waals surface area contributed by atoms with Crippen LogP contribution in [0, 0.1) is 0 Å². The summed E-state index contributed by atoms with van der Waals surface area (Å²) in [6.45, 7) is 0.